The van der Waals surface area contributed by atoms with Gasteiger partial charge in [0.1, 0.15) is 5.75 Å². The van der Waals surface area contributed by atoms with Crippen LogP contribution in [0.5, 0.6) is 5.75 Å². The number of hydrogen-bond donors (Lipinski definition) is 0. The van der Waals surface area contributed by atoms with Gasteiger partial charge in [-0.25, -0.2) is 0 Å². The van der Waals surface area contributed by atoms with Gasteiger partial charge >= 0.3 is 0 Å². The number of para-hydroxylation sites is 1. The molecule has 0 saturated heterocycles. The lowest BCUT2D eigenvalue weighted by atomic mass is 10.2. The molecule has 0 aliphatic carbocycles. The van der Waals surface area contributed by atoms with Crippen LogP contribution in [0.2, 0.25) is 0 Å². The Bertz CT molecular complexity index is 750. The Morgan fingerprint density at radius 1 is 1.24 bits per heavy atom. The zero-order valence-electron chi connectivity index (χ0n) is 13.9. The molecule has 3 rings (SSSR count). The summed E-state index contributed by atoms with van der Waals surface area (Å²) in [6.07, 6.45) is -0.543. The van der Waals surface area contributed by atoms with Gasteiger partial charge in [-0.15, -0.1) is 0 Å². The molecule has 0 N–H and O–H groups in total. The number of halogens is 1. The minimum Gasteiger partial charge on any atom is -0.481 e. The van der Waals surface area contributed by atoms with Crippen molar-refractivity contribution >= 4 is 38.8 Å². The molecule has 0 spiro atoms. The van der Waals surface area contributed by atoms with E-state index in [1.54, 1.807) is 23.6 Å². The third-order valence-electron chi connectivity index (χ3n) is 3.75. The van der Waals surface area contributed by atoms with Crippen molar-refractivity contribution in [2.75, 3.05) is 13.1 Å². The quantitative estimate of drug-likeness (QED) is 0.724. The van der Waals surface area contributed by atoms with Crippen LogP contribution in [-0.2, 0) is 10.5 Å². The summed E-state index contributed by atoms with van der Waals surface area (Å²) >= 11 is 5.02. The van der Waals surface area contributed by atoms with Crippen LogP contribution in [0.3, 0.4) is 0 Å². The summed E-state index contributed by atoms with van der Waals surface area (Å²) in [6, 6.07) is 17.6. The van der Waals surface area contributed by atoms with E-state index >= 15 is 0 Å². The average molecular weight is 419 g/mol. The van der Waals surface area contributed by atoms with Crippen LogP contribution < -0.4 is 4.74 Å². The summed E-state index contributed by atoms with van der Waals surface area (Å²) in [5, 5.41) is 0.774. The van der Waals surface area contributed by atoms with E-state index in [9.17, 15) is 4.79 Å². The fraction of sp³-hybridized carbons (Fsp3) is 0.263. The first kappa shape index (κ1) is 18.0. The van der Waals surface area contributed by atoms with Gasteiger partial charge in [0.2, 0.25) is 0 Å². The van der Waals surface area contributed by atoms with Crippen molar-refractivity contribution in [1.82, 2.24) is 4.90 Å². The average Bonchev–Trinajstić information content (AvgIpc) is 3.10. The molecule has 1 atom stereocenters. The molecule has 1 heterocycles. The molecule has 130 valence electrons. The molecule has 0 bridgehead atoms. The second kappa shape index (κ2) is 8.54. The van der Waals surface area contributed by atoms with Crippen molar-refractivity contribution < 1.29 is 9.53 Å². The number of hydrogen-bond acceptors (Lipinski definition) is 4. The molecule has 0 fully saturated rings. The molecule has 2 aromatic rings. The molecular formula is C19H19BrN2O2S. The first-order chi connectivity index (χ1) is 12.1. The van der Waals surface area contributed by atoms with E-state index in [0.29, 0.717) is 18.8 Å². The van der Waals surface area contributed by atoms with Crippen molar-refractivity contribution in [3.63, 3.8) is 0 Å². The topological polar surface area (TPSA) is 41.9 Å². The highest BCUT2D eigenvalue weighted by Gasteiger charge is 2.29. The molecule has 25 heavy (non-hydrogen) atoms. The maximum Gasteiger partial charge on any atom is 0.269 e. The van der Waals surface area contributed by atoms with Gasteiger partial charge in [0.05, 0.1) is 6.54 Å². The lowest BCUT2D eigenvalue weighted by Gasteiger charge is -2.22. The largest absolute Gasteiger partial charge is 0.481 e. The number of carbonyl (C=O) groups excluding carboxylic acids is 1. The maximum absolute atomic E-state index is 12.7. The van der Waals surface area contributed by atoms with Crippen LogP contribution in [0.4, 0.5) is 0 Å². The lowest BCUT2D eigenvalue weighted by Crippen LogP contribution is -2.41. The SMILES string of the molecule is C[C@H](Oc1ccccc1)C(=O)N1CCN=C1SCc1ccc(Br)cc1. The van der Waals surface area contributed by atoms with Crippen LogP contribution in [-0.4, -0.2) is 35.2 Å². The molecule has 6 heteroatoms. The number of rotatable bonds is 5. The Labute approximate surface area is 160 Å². The Morgan fingerprint density at radius 3 is 2.68 bits per heavy atom. The fourth-order valence-electron chi connectivity index (χ4n) is 2.46. The van der Waals surface area contributed by atoms with E-state index in [4.69, 9.17) is 4.74 Å². The Kier molecular flexibility index (Phi) is 6.15. The maximum atomic E-state index is 12.7. The first-order valence-corrected chi connectivity index (χ1v) is 9.86. The van der Waals surface area contributed by atoms with Gasteiger partial charge in [0.25, 0.3) is 5.91 Å². The number of amides is 1. The number of aliphatic imine (C=N–C) groups is 1. The molecule has 1 aliphatic heterocycles. The monoisotopic (exact) mass is 418 g/mol. The summed E-state index contributed by atoms with van der Waals surface area (Å²) in [6.45, 7) is 3.04. The highest BCUT2D eigenvalue weighted by molar-refractivity contribution is 9.10. The number of benzene rings is 2. The molecule has 1 aliphatic rings. The van der Waals surface area contributed by atoms with E-state index in [0.717, 1.165) is 15.4 Å². The third kappa shape index (κ3) is 4.86. The summed E-state index contributed by atoms with van der Waals surface area (Å²) in [5.41, 5.74) is 1.20. The summed E-state index contributed by atoms with van der Waals surface area (Å²) in [4.78, 5) is 18.9. The number of carbonyl (C=O) groups is 1. The molecule has 0 unspecified atom stereocenters. The normalized spacial score (nSPS) is 15.0. The zero-order chi connectivity index (χ0) is 17.6. The molecular weight excluding hydrogens is 400 g/mol. The van der Waals surface area contributed by atoms with Crippen molar-refractivity contribution in [1.29, 1.82) is 0 Å². The highest BCUT2D eigenvalue weighted by atomic mass is 79.9. The van der Waals surface area contributed by atoms with E-state index in [-0.39, 0.29) is 5.91 Å². The Morgan fingerprint density at radius 2 is 1.96 bits per heavy atom. The number of nitrogens with zero attached hydrogens (tertiary/aromatic N) is 2. The zero-order valence-corrected chi connectivity index (χ0v) is 16.3. The van der Waals surface area contributed by atoms with E-state index in [1.807, 2.05) is 42.5 Å². The predicted molar refractivity (Wildman–Crippen MR) is 106 cm³/mol. The number of ether oxygens (including phenoxy) is 1. The van der Waals surface area contributed by atoms with Crippen LogP contribution in [0.25, 0.3) is 0 Å². The minimum atomic E-state index is -0.543. The van der Waals surface area contributed by atoms with Crippen molar-refractivity contribution in [3.05, 3.63) is 64.6 Å². The van der Waals surface area contributed by atoms with E-state index in [1.165, 1.54) is 5.56 Å². The van der Waals surface area contributed by atoms with Crippen LogP contribution >= 0.6 is 27.7 Å². The van der Waals surface area contributed by atoms with E-state index in [2.05, 4.69) is 33.1 Å². The highest BCUT2D eigenvalue weighted by Crippen LogP contribution is 2.22. The van der Waals surface area contributed by atoms with Gasteiger partial charge in [-0.3, -0.25) is 14.7 Å². The van der Waals surface area contributed by atoms with Gasteiger partial charge in [-0.1, -0.05) is 58.0 Å². The minimum absolute atomic E-state index is 0.0524. The predicted octanol–water partition coefficient (Wildman–Crippen LogP) is 4.35. The Balaban J connectivity index is 1.58. The summed E-state index contributed by atoms with van der Waals surface area (Å²) < 4.78 is 6.81. The molecule has 0 aromatic heterocycles. The van der Waals surface area contributed by atoms with Crippen LogP contribution in [0, 0.1) is 0 Å². The van der Waals surface area contributed by atoms with Crippen LogP contribution in [0.15, 0.2) is 64.1 Å². The van der Waals surface area contributed by atoms with Gasteiger partial charge in [-0.05, 0) is 36.8 Å². The van der Waals surface area contributed by atoms with Gasteiger partial charge in [-0.2, -0.15) is 0 Å². The molecule has 0 saturated carbocycles. The second-order valence-corrected chi connectivity index (χ2v) is 7.50. The van der Waals surface area contributed by atoms with Crippen molar-refractivity contribution in [2.45, 2.75) is 18.8 Å². The number of amidine groups is 1. The first-order valence-electron chi connectivity index (χ1n) is 8.08. The second-order valence-electron chi connectivity index (χ2n) is 5.64. The number of thioether (sulfide) groups is 1. The molecule has 2 aromatic carbocycles. The molecule has 0 radical (unpaired) electrons. The van der Waals surface area contributed by atoms with Crippen molar-refractivity contribution in [2.24, 2.45) is 4.99 Å². The van der Waals surface area contributed by atoms with Gasteiger partial charge in [0, 0.05) is 16.8 Å². The standard InChI is InChI=1S/C19H19BrN2O2S/c1-14(24-17-5-3-2-4-6-17)18(23)22-12-11-21-19(22)25-13-15-7-9-16(20)10-8-15/h2-10,14H,11-13H2,1H3/t14-/m0/s1. The summed E-state index contributed by atoms with van der Waals surface area (Å²) in [5.74, 6) is 1.43. The van der Waals surface area contributed by atoms with Crippen molar-refractivity contribution in [3.8, 4) is 5.75 Å². The fourth-order valence-corrected chi connectivity index (χ4v) is 3.73. The molecule has 1 amide bonds. The van der Waals surface area contributed by atoms with E-state index < -0.39 is 6.10 Å². The molecule has 4 nitrogen and oxygen atoms in total. The van der Waals surface area contributed by atoms with Gasteiger partial charge < -0.3 is 4.74 Å². The smallest absolute Gasteiger partial charge is 0.269 e. The lowest BCUT2D eigenvalue weighted by molar-refractivity contribution is -0.133. The van der Waals surface area contributed by atoms with Gasteiger partial charge in [0.15, 0.2) is 11.3 Å². The van der Waals surface area contributed by atoms with Crippen LogP contribution in [0.1, 0.15) is 12.5 Å². The Hall–Kier alpha value is -1.79. The third-order valence-corrected chi connectivity index (χ3v) is 5.37. The summed E-state index contributed by atoms with van der Waals surface area (Å²) in [7, 11) is 0.